The molecule has 6 nitrogen and oxygen atoms in total. The zero-order valence-corrected chi connectivity index (χ0v) is 19.6. The molecule has 0 saturated heterocycles. The molecule has 3 aromatic rings. The van der Waals surface area contributed by atoms with E-state index >= 15 is 0 Å². The number of para-hydroxylation sites is 2. The van der Waals surface area contributed by atoms with Crippen molar-refractivity contribution in [3.05, 3.63) is 82.9 Å². The van der Waals surface area contributed by atoms with Crippen molar-refractivity contribution in [3.8, 4) is 11.5 Å². The molecular weight excluding hydrogens is 446 g/mol. The minimum absolute atomic E-state index is 0.0622. The molecule has 0 unspecified atom stereocenters. The van der Waals surface area contributed by atoms with Crippen molar-refractivity contribution in [1.29, 1.82) is 0 Å². The predicted octanol–water partition coefficient (Wildman–Crippen LogP) is 5.69. The fraction of sp³-hybridized carbons (Fsp3) is 0.208. The van der Waals surface area contributed by atoms with Gasteiger partial charge in [0.2, 0.25) is 5.96 Å². The van der Waals surface area contributed by atoms with E-state index in [9.17, 15) is 8.42 Å². The molecule has 2 N–H and O–H groups in total. The maximum Gasteiger partial charge on any atom is 0.266 e. The molecule has 8 heteroatoms. The van der Waals surface area contributed by atoms with Crippen molar-refractivity contribution >= 4 is 33.3 Å². The van der Waals surface area contributed by atoms with Crippen LogP contribution in [0.2, 0.25) is 5.02 Å². The van der Waals surface area contributed by atoms with Crippen LogP contribution in [0.4, 0.5) is 5.69 Å². The molecule has 0 saturated carbocycles. The zero-order chi connectivity index (χ0) is 22.9. The van der Waals surface area contributed by atoms with E-state index in [0.717, 1.165) is 5.56 Å². The van der Waals surface area contributed by atoms with Crippen LogP contribution in [-0.4, -0.2) is 14.4 Å². The Labute approximate surface area is 193 Å². The van der Waals surface area contributed by atoms with E-state index in [1.165, 1.54) is 11.6 Å². The van der Waals surface area contributed by atoms with Gasteiger partial charge in [0.05, 0.1) is 11.6 Å². The van der Waals surface area contributed by atoms with E-state index in [1.54, 1.807) is 36.4 Å². The van der Waals surface area contributed by atoms with Crippen molar-refractivity contribution in [1.82, 2.24) is 4.72 Å². The molecule has 0 bridgehead atoms. The van der Waals surface area contributed by atoms with Gasteiger partial charge in [0.25, 0.3) is 10.0 Å². The van der Waals surface area contributed by atoms with E-state index in [0.29, 0.717) is 28.8 Å². The van der Waals surface area contributed by atoms with Gasteiger partial charge in [-0.2, -0.15) is 0 Å². The summed E-state index contributed by atoms with van der Waals surface area (Å²) in [5, 5.41) is 3.48. The molecule has 0 aliphatic carbocycles. The molecule has 0 aromatic heterocycles. The van der Waals surface area contributed by atoms with Crippen LogP contribution in [0.5, 0.6) is 11.5 Å². The van der Waals surface area contributed by atoms with Gasteiger partial charge >= 0.3 is 0 Å². The van der Waals surface area contributed by atoms with Crippen LogP contribution < -0.4 is 14.8 Å². The van der Waals surface area contributed by atoms with E-state index in [2.05, 4.69) is 47.9 Å². The maximum atomic E-state index is 12.8. The number of benzene rings is 3. The third-order valence-electron chi connectivity index (χ3n) is 5.05. The highest BCUT2D eigenvalue weighted by Gasteiger charge is 2.29. The molecule has 3 aromatic carbocycles. The lowest BCUT2D eigenvalue weighted by atomic mass is 9.87. The first-order valence-electron chi connectivity index (χ1n) is 10.1. The topological polar surface area (TPSA) is 79.8 Å². The molecule has 1 aliphatic rings. The lowest BCUT2D eigenvalue weighted by Gasteiger charge is -2.24. The minimum Gasteiger partial charge on any atom is -0.454 e. The molecule has 0 fully saturated rings. The van der Waals surface area contributed by atoms with E-state index in [-0.39, 0.29) is 16.3 Å². The second kappa shape index (κ2) is 8.48. The van der Waals surface area contributed by atoms with Crippen molar-refractivity contribution < 1.29 is 13.2 Å². The van der Waals surface area contributed by atoms with Gasteiger partial charge in [-0.1, -0.05) is 74.8 Å². The van der Waals surface area contributed by atoms with Crippen molar-refractivity contribution in [2.75, 3.05) is 5.32 Å². The summed E-state index contributed by atoms with van der Waals surface area (Å²) in [5.74, 6) is 0.897. The van der Waals surface area contributed by atoms with Crippen LogP contribution in [0.25, 0.3) is 0 Å². The van der Waals surface area contributed by atoms with Gasteiger partial charge in [0, 0.05) is 0 Å². The number of nitrogens with one attached hydrogen (secondary N) is 2. The van der Waals surface area contributed by atoms with Crippen LogP contribution in [0.3, 0.4) is 0 Å². The quantitative estimate of drug-likeness (QED) is 0.514. The molecule has 32 heavy (non-hydrogen) atoms. The van der Waals surface area contributed by atoms with Crippen LogP contribution in [-0.2, 0) is 22.0 Å². The van der Waals surface area contributed by atoms with Crippen molar-refractivity contribution in [2.24, 2.45) is 4.99 Å². The number of nitrogens with zero attached hydrogens (tertiary/aromatic N) is 1. The summed E-state index contributed by atoms with van der Waals surface area (Å²) in [4.78, 5) is 4.52. The molecule has 1 heterocycles. The summed E-state index contributed by atoms with van der Waals surface area (Å²) in [6.45, 7) is 6.78. The highest BCUT2D eigenvalue weighted by Crippen LogP contribution is 2.38. The first kappa shape index (κ1) is 22.2. The smallest absolute Gasteiger partial charge is 0.266 e. The highest BCUT2D eigenvalue weighted by atomic mass is 35.5. The Balaban J connectivity index is 1.61. The summed E-state index contributed by atoms with van der Waals surface area (Å²) < 4.78 is 34.0. The number of guanidine groups is 1. The van der Waals surface area contributed by atoms with E-state index < -0.39 is 10.0 Å². The van der Waals surface area contributed by atoms with Gasteiger partial charge in [0.15, 0.2) is 5.75 Å². The van der Waals surface area contributed by atoms with Crippen LogP contribution in [0.1, 0.15) is 31.9 Å². The van der Waals surface area contributed by atoms with E-state index in [4.69, 9.17) is 16.3 Å². The molecule has 0 atom stereocenters. The molecule has 0 spiro atoms. The molecule has 4 rings (SSSR count). The number of anilines is 1. The summed E-state index contributed by atoms with van der Waals surface area (Å²) in [5.41, 5.74) is 2.57. The third kappa shape index (κ3) is 4.74. The fourth-order valence-electron chi connectivity index (χ4n) is 3.27. The van der Waals surface area contributed by atoms with Crippen LogP contribution in [0, 0.1) is 0 Å². The number of halogens is 1. The number of hydrogen-bond acceptors (Lipinski definition) is 4. The fourth-order valence-corrected chi connectivity index (χ4v) is 4.60. The Morgan fingerprint density at radius 3 is 2.31 bits per heavy atom. The number of sulfonamides is 1. The second-order valence-corrected chi connectivity index (χ2v) is 10.6. The Morgan fingerprint density at radius 1 is 0.938 bits per heavy atom. The third-order valence-corrected chi connectivity index (χ3v) is 6.74. The maximum absolute atomic E-state index is 12.8. The van der Waals surface area contributed by atoms with Gasteiger partial charge in [0.1, 0.15) is 16.3 Å². The van der Waals surface area contributed by atoms with Gasteiger partial charge in [-0.05, 0) is 40.8 Å². The molecule has 0 radical (unpaired) electrons. The highest BCUT2D eigenvalue weighted by molar-refractivity contribution is 7.90. The predicted molar refractivity (Wildman–Crippen MR) is 128 cm³/mol. The second-order valence-electron chi connectivity index (χ2n) is 8.50. The normalized spacial score (nSPS) is 16.1. The van der Waals surface area contributed by atoms with Crippen molar-refractivity contribution in [3.63, 3.8) is 0 Å². The average Bonchev–Trinajstić information content (AvgIpc) is 2.74. The minimum atomic E-state index is -3.80. The Morgan fingerprint density at radius 2 is 1.62 bits per heavy atom. The zero-order valence-electron chi connectivity index (χ0n) is 18.0. The first-order valence-corrected chi connectivity index (χ1v) is 12.0. The molecular formula is C24H24ClN3O3S. The number of fused-ring (bicyclic) bond motifs is 1. The van der Waals surface area contributed by atoms with Crippen LogP contribution >= 0.6 is 11.6 Å². The van der Waals surface area contributed by atoms with Crippen molar-refractivity contribution in [2.45, 2.75) is 37.6 Å². The van der Waals surface area contributed by atoms with Gasteiger partial charge in [-0.3, -0.25) is 0 Å². The van der Waals surface area contributed by atoms with Gasteiger partial charge in [-0.15, -0.1) is 0 Å². The Hall–Kier alpha value is -3.03. The lowest BCUT2D eigenvalue weighted by Crippen LogP contribution is -2.40. The average molecular weight is 470 g/mol. The Bertz CT molecular complexity index is 1280. The summed E-state index contributed by atoms with van der Waals surface area (Å²) >= 11 is 6.20. The Kier molecular flexibility index (Phi) is 5.88. The van der Waals surface area contributed by atoms with Crippen LogP contribution in [0.15, 0.2) is 76.6 Å². The standard InChI is InChI=1S/C24H24ClN3O3S/c1-24(2,3)17-13-11-16(12-14-17)15-26-23-27-22-20(31-19-8-5-4-7-18(19)25)9-6-10-21(22)32(29,30)28-23/h4-14H,15H2,1-3H3,(H2,26,27,28). The molecule has 1 aliphatic heterocycles. The first-order chi connectivity index (χ1) is 15.1. The number of ether oxygens (including phenoxy) is 1. The number of rotatable bonds is 4. The lowest BCUT2D eigenvalue weighted by molar-refractivity contribution is 0.483. The number of aliphatic imine (C=N–C) groups is 1. The summed E-state index contributed by atoms with van der Waals surface area (Å²) in [7, 11) is -3.80. The SMILES string of the molecule is CC(C)(C)c1ccc(CN=C2Nc3c(Oc4ccccc4Cl)cccc3S(=O)(=O)N2)cc1. The van der Waals surface area contributed by atoms with Gasteiger partial charge in [-0.25, -0.2) is 18.1 Å². The molecule has 0 amide bonds. The monoisotopic (exact) mass is 469 g/mol. The largest absolute Gasteiger partial charge is 0.454 e. The van der Waals surface area contributed by atoms with E-state index in [1.807, 2.05) is 12.1 Å². The summed E-state index contributed by atoms with van der Waals surface area (Å²) in [6, 6.07) is 19.9. The summed E-state index contributed by atoms with van der Waals surface area (Å²) in [6.07, 6.45) is 0. The molecule has 166 valence electrons. The van der Waals surface area contributed by atoms with Gasteiger partial charge < -0.3 is 10.1 Å². The number of hydrogen-bond donors (Lipinski definition) is 2.